The largest absolute Gasteiger partial charge is 0.469 e. The second kappa shape index (κ2) is 12.4. The monoisotopic (exact) mass is 514 g/mol. The van der Waals surface area contributed by atoms with E-state index in [1.54, 1.807) is 0 Å². The molecule has 0 unspecified atom stereocenters. The summed E-state index contributed by atoms with van der Waals surface area (Å²) in [6, 6.07) is 8.86. The van der Waals surface area contributed by atoms with Crippen LogP contribution in [0.4, 0.5) is 0 Å². The zero-order valence-electron chi connectivity index (χ0n) is 17.7. The molecule has 2 saturated heterocycles. The lowest BCUT2D eigenvalue weighted by molar-refractivity contribution is -0.146. The van der Waals surface area contributed by atoms with Gasteiger partial charge >= 0.3 is 5.97 Å². The first kappa shape index (κ1) is 23.9. The average Bonchev–Trinajstić information content (AvgIpc) is 3.25. The van der Waals surface area contributed by atoms with Crippen molar-refractivity contribution in [2.45, 2.75) is 45.7 Å². The number of likely N-dealkylation sites (tertiary alicyclic amines) is 2. The molecular formula is C22H35IN4O2. The van der Waals surface area contributed by atoms with E-state index in [1.807, 2.05) is 0 Å². The van der Waals surface area contributed by atoms with Gasteiger partial charge in [0.1, 0.15) is 0 Å². The molecule has 2 fully saturated rings. The molecule has 2 aliphatic heterocycles. The van der Waals surface area contributed by atoms with Crippen LogP contribution in [-0.4, -0.2) is 61.6 Å². The van der Waals surface area contributed by atoms with E-state index in [4.69, 9.17) is 9.73 Å². The molecule has 7 heteroatoms. The number of aliphatic imine (C=N–C) groups is 1. The number of guanidine groups is 1. The number of carbonyl (C=O) groups is 1. The van der Waals surface area contributed by atoms with Crippen molar-refractivity contribution >= 4 is 35.9 Å². The second-order valence-corrected chi connectivity index (χ2v) is 7.75. The van der Waals surface area contributed by atoms with Gasteiger partial charge in [0.05, 0.1) is 19.6 Å². The molecule has 2 aliphatic rings. The van der Waals surface area contributed by atoms with Crippen LogP contribution in [0.3, 0.4) is 0 Å². The van der Waals surface area contributed by atoms with E-state index in [-0.39, 0.29) is 35.9 Å². The maximum absolute atomic E-state index is 11.7. The van der Waals surface area contributed by atoms with Gasteiger partial charge in [-0.05, 0) is 56.8 Å². The van der Waals surface area contributed by atoms with Gasteiger partial charge in [0.25, 0.3) is 0 Å². The number of halogens is 1. The Morgan fingerprint density at radius 2 is 1.72 bits per heavy atom. The van der Waals surface area contributed by atoms with E-state index < -0.39 is 0 Å². The highest BCUT2D eigenvalue weighted by molar-refractivity contribution is 14.0. The van der Waals surface area contributed by atoms with Crippen molar-refractivity contribution in [3.63, 3.8) is 0 Å². The second-order valence-electron chi connectivity index (χ2n) is 7.75. The van der Waals surface area contributed by atoms with E-state index in [0.717, 1.165) is 45.0 Å². The van der Waals surface area contributed by atoms with Crippen LogP contribution in [-0.2, 0) is 22.6 Å². The van der Waals surface area contributed by atoms with Crippen molar-refractivity contribution in [3.05, 3.63) is 35.4 Å². The normalized spacial score (nSPS) is 18.4. The minimum Gasteiger partial charge on any atom is -0.469 e. The fourth-order valence-electron chi connectivity index (χ4n) is 4.03. The summed E-state index contributed by atoms with van der Waals surface area (Å²) in [4.78, 5) is 21.3. The van der Waals surface area contributed by atoms with E-state index in [9.17, 15) is 4.79 Å². The Labute approximate surface area is 192 Å². The quantitative estimate of drug-likeness (QED) is 0.274. The lowest BCUT2D eigenvalue weighted by Crippen LogP contribution is -2.46. The van der Waals surface area contributed by atoms with Crippen molar-refractivity contribution in [2.75, 3.05) is 39.8 Å². The number of benzene rings is 1. The van der Waals surface area contributed by atoms with Crippen LogP contribution in [0.1, 0.15) is 43.7 Å². The van der Waals surface area contributed by atoms with Crippen molar-refractivity contribution in [1.29, 1.82) is 0 Å². The number of carbonyl (C=O) groups excluding carboxylic acids is 1. The van der Waals surface area contributed by atoms with Crippen molar-refractivity contribution < 1.29 is 9.53 Å². The van der Waals surface area contributed by atoms with Crippen LogP contribution in [0.25, 0.3) is 0 Å². The summed E-state index contributed by atoms with van der Waals surface area (Å²) in [5.74, 6) is 0.870. The molecule has 0 bridgehead atoms. The molecule has 1 N–H and O–H groups in total. The Hall–Kier alpha value is -1.35. The summed E-state index contributed by atoms with van der Waals surface area (Å²) >= 11 is 0. The van der Waals surface area contributed by atoms with E-state index >= 15 is 0 Å². The minimum atomic E-state index is -0.0874. The van der Waals surface area contributed by atoms with Gasteiger partial charge < -0.3 is 15.0 Å². The van der Waals surface area contributed by atoms with Crippen LogP contribution < -0.4 is 5.32 Å². The van der Waals surface area contributed by atoms with E-state index in [2.05, 4.69) is 46.3 Å². The Kier molecular flexibility index (Phi) is 10.2. The topological polar surface area (TPSA) is 57.2 Å². The number of methoxy groups -OCH3 is 1. The molecule has 0 amide bonds. The lowest BCUT2D eigenvalue weighted by Gasteiger charge is -2.33. The highest BCUT2D eigenvalue weighted by Crippen LogP contribution is 2.19. The Morgan fingerprint density at radius 3 is 2.31 bits per heavy atom. The summed E-state index contributed by atoms with van der Waals surface area (Å²) in [6.45, 7) is 8.77. The number of nitrogens with zero attached hydrogens (tertiary/aromatic N) is 3. The van der Waals surface area contributed by atoms with Crippen molar-refractivity contribution in [1.82, 2.24) is 15.1 Å². The maximum Gasteiger partial charge on any atom is 0.308 e. The smallest absolute Gasteiger partial charge is 0.308 e. The molecule has 162 valence electrons. The fraction of sp³-hybridized carbons (Fsp3) is 0.636. The summed E-state index contributed by atoms with van der Waals surface area (Å²) in [5.41, 5.74) is 2.61. The first-order valence-corrected chi connectivity index (χ1v) is 10.6. The first-order valence-electron chi connectivity index (χ1n) is 10.6. The van der Waals surface area contributed by atoms with Crippen LogP contribution in [0.15, 0.2) is 29.3 Å². The number of nitrogens with one attached hydrogen (secondary N) is 1. The van der Waals surface area contributed by atoms with Gasteiger partial charge in [-0.3, -0.25) is 9.69 Å². The molecule has 0 atom stereocenters. The molecule has 0 radical (unpaired) electrons. The first-order chi connectivity index (χ1) is 13.7. The zero-order valence-corrected chi connectivity index (χ0v) is 20.1. The summed E-state index contributed by atoms with van der Waals surface area (Å²) in [6.07, 6.45) is 4.30. The Morgan fingerprint density at radius 1 is 1.10 bits per heavy atom. The number of ether oxygens (including phenoxy) is 1. The molecule has 0 saturated carbocycles. The molecule has 29 heavy (non-hydrogen) atoms. The van der Waals surface area contributed by atoms with E-state index in [1.165, 1.54) is 44.2 Å². The molecule has 1 aromatic carbocycles. The van der Waals surface area contributed by atoms with Crippen LogP contribution in [0.2, 0.25) is 0 Å². The molecule has 3 rings (SSSR count). The average molecular weight is 514 g/mol. The molecular weight excluding hydrogens is 479 g/mol. The number of hydrogen-bond donors (Lipinski definition) is 1. The highest BCUT2D eigenvalue weighted by atomic mass is 127. The van der Waals surface area contributed by atoms with Gasteiger partial charge in [-0.25, -0.2) is 4.99 Å². The van der Waals surface area contributed by atoms with Crippen molar-refractivity contribution in [3.8, 4) is 0 Å². The third-order valence-corrected chi connectivity index (χ3v) is 5.70. The molecule has 2 heterocycles. The van der Waals surface area contributed by atoms with Gasteiger partial charge in [-0.2, -0.15) is 0 Å². The number of hydrogen-bond acceptors (Lipinski definition) is 4. The van der Waals surface area contributed by atoms with Gasteiger partial charge in [0.15, 0.2) is 5.96 Å². The molecule has 0 aromatic heterocycles. The molecule has 0 spiro atoms. The SMILES string of the molecule is CCNC(=NCc1ccc(CN2CCCC2)cc1)N1CCC(C(=O)OC)CC1.I. The highest BCUT2D eigenvalue weighted by Gasteiger charge is 2.26. The third-order valence-electron chi connectivity index (χ3n) is 5.70. The summed E-state index contributed by atoms with van der Waals surface area (Å²) < 4.78 is 4.88. The zero-order chi connectivity index (χ0) is 19.8. The summed E-state index contributed by atoms with van der Waals surface area (Å²) in [5, 5.41) is 3.39. The van der Waals surface area contributed by atoms with Crippen molar-refractivity contribution in [2.24, 2.45) is 10.9 Å². The van der Waals surface area contributed by atoms with Crippen LogP contribution in [0.5, 0.6) is 0 Å². The lowest BCUT2D eigenvalue weighted by atomic mass is 9.97. The standard InChI is InChI=1S/C22H34N4O2.HI/c1-3-23-22(26-14-10-20(11-15-26)21(27)28-2)24-16-18-6-8-19(9-7-18)17-25-12-4-5-13-25;/h6-9,20H,3-5,10-17H2,1-2H3,(H,23,24);1H. The van der Waals surface area contributed by atoms with Gasteiger partial charge in [-0.1, -0.05) is 24.3 Å². The predicted molar refractivity (Wildman–Crippen MR) is 127 cm³/mol. The van der Waals surface area contributed by atoms with Crippen LogP contribution in [0, 0.1) is 5.92 Å². The van der Waals surface area contributed by atoms with Gasteiger partial charge in [0.2, 0.25) is 0 Å². The maximum atomic E-state index is 11.7. The summed E-state index contributed by atoms with van der Waals surface area (Å²) in [7, 11) is 1.47. The number of esters is 1. The minimum absolute atomic E-state index is 0. The van der Waals surface area contributed by atoms with E-state index in [0.29, 0.717) is 6.54 Å². The molecule has 6 nitrogen and oxygen atoms in total. The van der Waals surface area contributed by atoms with Gasteiger partial charge in [-0.15, -0.1) is 24.0 Å². The number of rotatable bonds is 6. The number of piperidine rings is 1. The Balaban J connectivity index is 0.00000300. The molecule has 0 aliphatic carbocycles. The molecule has 1 aromatic rings. The fourth-order valence-corrected chi connectivity index (χ4v) is 4.03. The van der Waals surface area contributed by atoms with Gasteiger partial charge in [0, 0.05) is 26.2 Å². The van der Waals surface area contributed by atoms with Crippen LogP contribution >= 0.6 is 24.0 Å². The Bertz CT molecular complexity index is 651. The third kappa shape index (κ3) is 7.13. The predicted octanol–water partition coefficient (Wildman–Crippen LogP) is 3.25.